The third-order valence-corrected chi connectivity index (χ3v) is 9.44. The Labute approximate surface area is 249 Å². The minimum absolute atomic E-state index is 0. The molecular formula is C33H43ClN2O3S. The Morgan fingerprint density at radius 1 is 0.925 bits per heavy atom. The molecule has 2 saturated carbocycles. The molecule has 2 aliphatic rings. The molecule has 2 fully saturated rings. The van der Waals surface area contributed by atoms with Gasteiger partial charge >= 0.3 is 5.97 Å². The molecular weight excluding hydrogens is 540 g/mol. The number of hydrogen-bond donors (Lipinski definition) is 1. The molecule has 1 N–H and O–H groups in total. The number of halogens is 1. The van der Waals surface area contributed by atoms with Crippen LogP contribution >= 0.6 is 23.7 Å². The predicted octanol–water partition coefficient (Wildman–Crippen LogP) is 9.25. The number of anilines is 1. The van der Waals surface area contributed by atoms with E-state index >= 15 is 0 Å². The van der Waals surface area contributed by atoms with Crippen LogP contribution in [0, 0.1) is 11.8 Å². The molecule has 0 aliphatic heterocycles. The van der Waals surface area contributed by atoms with Crippen molar-refractivity contribution in [2.45, 2.75) is 96.7 Å². The maximum Gasteiger partial charge on any atom is 0.335 e. The lowest BCUT2D eigenvalue weighted by atomic mass is 9.75. The molecule has 2 aromatic carbocycles. The zero-order valence-corrected chi connectivity index (χ0v) is 25.4. The fourth-order valence-corrected chi connectivity index (χ4v) is 7.28. The Balaban J connectivity index is 0.00000370. The van der Waals surface area contributed by atoms with Crippen molar-refractivity contribution in [1.82, 2.24) is 4.98 Å². The minimum atomic E-state index is -0.901. The van der Waals surface area contributed by atoms with Gasteiger partial charge in [0.1, 0.15) is 11.9 Å². The van der Waals surface area contributed by atoms with Gasteiger partial charge in [0.2, 0.25) is 0 Å². The van der Waals surface area contributed by atoms with Crippen molar-refractivity contribution >= 4 is 34.8 Å². The highest BCUT2D eigenvalue weighted by molar-refractivity contribution is 7.14. The van der Waals surface area contributed by atoms with Crippen LogP contribution in [0.4, 0.5) is 5.13 Å². The second-order valence-corrected chi connectivity index (χ2v) is 12.5. The zero-order chi connectivity index (χ0) is 27.2. The summed E-state index contributed by atoms with van der Waals surface area (Å²) in [6.45, 7) is 5.00. The highest BCUT2D eigenvalue weighted by Gasteiger charge is 2.33. The summed E-state index contributed by atoms with van der Waals surface area (Å²) in [5.41, 5.74) is 3.45. The van der Waals surface area contributed by atoms with Crippen LogP contribution in [0.2, 0.25) is 0 Å². The van der Waals surface area contributed by atoms with Gasteiger partial charge in [-0.2, -0.15) is 0 Å². The number of thiazole rings is 1. The molecule has 40 heavy (non-hydrogen) atoms. The van der Waals surface area contributed by atoms with Gasteiger partial charge in [-0.05, 0) is 93.3 Å². The van der Waals surface area contributed by atoms with Crippen molar-refractivity contribution in [1.29, 1.82) is 0 Å². The van der Waals surface area contributed by atoms with E-state index in [1.165, 1.54) is 64.2 Å². The van der Waals surface area contributed by atoms with E-state index in [1.807, 2.05) is 12.1 Å². The van der Waals surface area contributed by atoms with E-state index in [4.69, 9.17) is 9.72 Å². The summed E-state index contributed by atoms with van der Waals surface area (Å²) in [6.07, 6.45) is 13.8. The summed E-state index contributed by atoms with van der Waals surface area (Å²) in [5, 5.41) is 12.3. The van der Waals surface area contributed by atoms with Crippen LogP contribution in [0.3, 0.4) is 0 Å². The molecule has 0 amide bonds. The molecule has 0 unspecified atom stereocenters. The number of carbonyl (C=O) groups is 1. The number of aromatic nitrogens is 1. The highest BCUT2D eigenvalue weighted by Crippen LogP contribution is 2.38. The molecule has 216 valence electrons. The van der Waals surface area contributed by atoms with Crippen LogP contribution in [-0.2, 0) is 6.54 Å². The fraction of sp³-hybridized carbons (Fsp3) is 0.515. The maximum absolute atomic E-state index is 11.2. The van der Waals surface area contributed by atoms with Crippen molar-refractivity contribution in [3.8, 4) is 17.0 Å². The summed E-state index contributed by atoms with van der Waals surface area (Å²) < 4.78 is 6.79. The van der Waals surface area contributed by atoms with Crippen LogP contribution in [0.1, 0.15) is 94.0 Å². The highest BCUT2D eigenvalue weighted by atomic mass is 35.5. The Hall–Kier alpha value is -2.57. The molecule has 2 aliphatic carbocycles. The van der Waals surface area contributed by atoms with Gasteiger partial charge in [0.05, 0.1) is 11.3 Å². The van der Waals surface area contributed by atoms with Crippen molar-refractivity contribution in [2.75, 3.05) is 4.90 Å². The second-order valence-electron chi connectivity index (χ2n) is 11.6. The summed E-state index contributed by atoms with van der Waals surface area (Å²) in [6, 6.07) is 15.9. The Morgan fingerprint density at radius 3 is 2.02 bits per heavy atom. The molecule has 7 heteroatoms. The first-order valence-electron chi connectivity index (χ1n) is 14.8. The van der Waals surface area contributed by atoms with Crippen molar-refractivity contribution in [3.05, 3.63) is 65.0 Å². The first kappa shape index (κ1) is 30.4. The van der Waals surface area contributed by atoms with E-state index in [2.05, 4.69) is 48.4 Å². The largest absolute Gasteiger partial charge is 0.490 e. The normalized spacial score (nSPS) is 16.6. The van der Waals surface area contributed by atoms with E-state index < -0.39 is 5.97 Å². The number of carboxylic acids is 1. The van der Waals surface area contributed by atoms with Crippen LogP contribution in [0.25, 0.3) is 11.3 Å². The summed E-state index contributed by atoms with van der Waals surface area (Å²) in [4.78, 5) is 18.4. The number of aromatic carboxylic acids is 1. The lowest BCUT2D eigenvalue weighted by molar-refractivity contribution is 0.0390. The predicted molar refractivity (Wildman–Crippen MR) is 167 cm³/mol. The van der Waals surface area contributed by atoms with Crippen molar-refractivity contribution < 1.29 is 14.6 Å². The van der Waals surface area contributed by atoms with Crippen molar-refractivity contribution in [2.24, 2.45) is 11.8 Å². The fourth-order valence-electron chi connectivity index (χ4n) is 6.31. The molecule has 1 aromatic heterocycles. The molecule has 0 saturated heterocycles. The summed E-state index contributed by atoms with van der Waals surface area (Å²) >= 11 is 1.65. The maximum atomic E-state index is 11.2. The van der Waals surface area contributed by atoms with Gasteiger partial charge in [-0.15, -0.1) is 23.7 Å². The van der Waals surface area contributed by atoms with Crippen LogP contribution in [0.5, 0.6) is 5.75 Å². The molecule has 1 heterocycles. The minimum Gasteiger partial charge on any atom is -0.490 e. The van der Waals surface area contributed by atoms with Gasteiger partial charge in [0.15, 0.2) is 5.13 Å². The summed E-state index contributed by atoms with van der Waals surface area (Å²) in [7, 11) is 0. The third kappa shape index (κ3) is 7.58. The molecule has 5 nitrogen and oxygen atoms in total. The number of hydrogen-bond acceptors (Lipinski definition) is 5. The Bertz CT molecular complexity index is 1180. The monoisotopic (exact) mass is 582 g/mol. The molecule has 0 radical (unpaired) electrons. The number of rotatable bonds is 10. The average Bonchev–Trinajstić information content (AvgIpc) is 3.46. The van der Waals surface area contributed by atoms with Gasteiger partial charge in [-0.3, -0.25) is 0 Å². The number of ether oxygens (including phenoxy) is 1. The first-order valence-corrected chi connectivity index (χ1v) is 15.7. The van der Waals surface area contributed by atoms with E-state index in [0.717, 1.165) is 27.7 Å². The topological polar surface area (TPSA) is 62.7 Å². The van der Waals surface area contributed by atoms with E-state index in [0.29, 0.717) is 30.0 Å². The lowest BCUT2D eigenvalue weighted by Crippen LogP contribution is -2.37. The summed E-state index contributed by atoms with van der Waals surface area (Å²) in [5.74, 6) is 1.49. The Kier molecular flexibility index (Phi) is 10.9. The number of nitrogens with zero attached hydrogens (tertiary/aromatic N) is 2. The zero-order valence-electron chi connectivity index (χ0n) is 23.8. The second kappa shape index (κ2) is 14.4. The SMILES string of the molecule is CC(C)N(Cc1ccc(C(=O)O)cc1)c1nc(-c2ccc(OC(C3CCCCC3)C3CCCCC3)cc2)cs1.Cl. The van der Waals surface area contributed by atoms with Gasteiger partial charge in [0.25, 0.3) is 0 Å². The Morgan fingerprint density at radius 2 is 1.50 bits per heavy atom. The number of carboxylic acid groups (broad SMARTS) is 1. The van der Waals surface area contributed by atoms with E-state index in [-0.39, 0.29) is 18.4 Å². The smallest absolute Gasteiger partial charge is 0.335 e. The lowest BCUT2D eigenvalue weighted by Gasteiger charge is -2.37. The molecule has 0 spiro atoms. The first-order chi connectivity index (χ1) is 19.0. The number of benzene rings is 2. The van der Waals surface area contributed by atoms with Gasteiger partial charge in [-0.25, -0.2) is 9.78 Å². The van der Waals surface area contributed by atoms with Gasteiger partial charge in [-0.1, -0.05) is 50.7 Å². The quantitative estimate of drug-likeness (QED) is 0.258. The van der Waals surface area contributed by atoms with E-state index in [1.54, 1.807) is 23.5 Å². The standard InChI is InChI=1S/C33H42N2O3S.ClH/c1-23(2)35(21-24-13-15-28(16-14-24)32(36)37)33-34-30(22-39-33)25-17-19-29(20-18-25)38-31(26-9-5-3-6-10-26)27-11-7-4-8-12-27;/h13-20,22-23,26-27,31H,3-12,21H2,1-2H3,(H,36,37);1H. The third-order valence-electron chi connectivity index (χ3n) is 8.57. The van der Waals surface area contributed by atoms with Crippen molar-refractivity contribution in [3.63, 3.8) is 0 Å². The molecule has 0 bridgehead atoms. The van der Waals surface area contributed by atoms with Crippen LogP contribution < -0.4 is 9.64 Å². The van der Waals surface area contributed by atoms with Gasteiger partial charge in [0, 0.05) is 23.5 Å². The molecule has 5 rings (SSSR count). The average molecular weight is 583 g/mol. The van der Waals surface area contributed by atoms with Crippen LogP contribution in [-0.4, -0.2) is 28.2 Å². The van der Waals surface area contributed by atoms with Gasteiger partial charge < -0.3 is 14.7 Å². The molecule has 0 atom stereocenters. The van der Waals surface area contributed by atoms with E-state index in [9.17, 15) is 9.90 Å². The van der Waals surface area contributed by atoms with Crippen LogP contribution in [0.15, 0.2) is 53.9 Å². The molecule has 3 aromatic rings.